The van der Waals surface area contributed by atoms with Gasteiger partial charge < -0.3 is 0 Å². The summed E-state index contributed by atoms with van der Waals surface area (Å²) in [6.45, 7) is 0. The number of benzene rings is 1. The first-order valence-corrected chi connectivity index (χ1v) is 6.00. The minimum Gasteiger partial charge on any atom is -0.236 e. The molecule has 18 heavy (non-hydrogen) atoms. The van der Waals surface area contributed by atoms with Crippen LogP contribution in [0.2, 0.25) is 0 Å². The molecule has 0 saturated carbocycles. The summed E-state index contributed by atoms with van der Waals surface area (Å²) >= 11 is 1.29. The molecule has 0 N–H and O–H groups in total. The molecule has 2 aromatic heterocycles. The number of hydrogen-bond donors (Lipinski definition) is 0. The van der Waals surface area contributed by atoms with E-state index >= 15 is 0 Å². The van der Waals surface area contributed by atoms with Crippen molar-refractivity contribution >= 4 is 22.7 Å². The Kier molecular flexibility index (Phi) is 2.85. The summed E-state index contributed by atoms with van der Waals surface area (Å²) in [6.07, 6.45) is 2.68. The summed E-state index contributed by atoms with van der Waals surface area (Å²) in [4.78, 5) is 15.8. The van der Waals surface area contributed by atoms with Crippen molar-refractivity contribution in [2.45, 2.75) is 10.1 Å². The number of rotatable bonds is 2. The van der Waals surface area contributed by atoms with Crippen molar-refractivity contribution in [3.05, 3.63) is 48.9 Å². The van der Waals surface area contributed by atoms with Gasteiger partial charge in [-0.3, -0.25) is 0 Å². The minimum atomic E-state index is -0.550. The average molecular weight is 258 g/mol. The van der Waals surface area contributed by atoms with Gasteiger partial charge in [-0.15, -0.1) is 0 Å². The molecule has 0 amide bonds. The lowest BCUT2D eigenvalue weighted by Crippen LogP contribution is -1.89. The van der Waals surface area contributed by atoms with Gasteiger partial charge in [0, 0.05) is 11.5 Å². The van der Waals surface area contributed by atoms with Crippen LogP contribution in [0, 0.1) is 5.95 Å². The fourth-order valence-corrected chi connectivity index (χ4v) is 2.37. The van der Waals surface area contributed by atoms with Crippen molar-refractivity contribution in [3.8, 4) is 0 Å². The van der Waals surface area contributed by atoms with Crippen LogP contribution in [-0.4, -0.2) is 19.9 Å². The zero-order valence-electron chi connectivity index (χ0n) is 9.12. The Hall–Kier alpha value is -2.08. The lowest BCUT2D eigenvalue weighted by Gasteiger charge is -2.03. The highest BCUT2D eigenvalue weighted by molar-refractivity contribution is 7.99. The molecule has 3 aromatic rings. The van der Waals surface area contributed by atoms with Gasteiger partial charge in [-0.25, -0.2) is 19.9 Å². The first kappa shape index (κ1) is 11.0. The number of fused-ring (bicyclic) bond motifs is 1. The van der Waals surface area contributed by atoms with Crippen molar-refractivity contribution < 1.29 is 4.39 Å². The Bertz CT molecular complexity index is 699. The summed E-state index contributed by atoms with van der Waals surface area (Å²) in [5.41, 5.74) is 0.851. The van der Waals surface area contributed by atoms with E-state index in [2.05, 4.69) is 19.9 Å². The smallest absolute Gasteiger partial charge is 0.217 e. The van der Waals surface area contributed by atoms with Gasteiger partial charge in [-0.05, 0) is 17.8 Å². The average Bonchev–Trinajstić information content (AvgIpc) is 2.39. The van der Waals surface area contributed by atoms with Gasteiger partial charge in [-0.1, -0.05) is 18.2 Å². The van der Waals surface area contributed by atoms with Gasteiger partial charge in [0.1, 0.15) is 22.7 Å². The molecule has 4 nitrogen and oxygen atoms in total. The fraction of sp³-hybridized carbons (Fsp3) is 0. The monoisotopic (exact) mass is 258 g/mol. The second-order valence-electron chi connectivity index (χ2n) is 3.48. The Labute approximate surface area is 106 Å². The molecule has 0 aliphatic rings. The van der Waals surface area contributed by atoms with Gasteiger partial charge in [-0.2, -0.15) is 4.39 Å². The van der Waals surface area contributed by atoms with Gasteiger partial charge in [0.05, 0.1) is 5.52 Å². The molecule has 0 unspecified atom stereocenters. The molecule has 0 radical (unpaired) electrons. The van der Waals surface area contributed by atoms with Gasteiger partial charge in [0.25, 0.3) is 0 Å². The molecule has 0 spiro atoms. The predicted octanol–water partition coefficient (Wildman–Crippen LogP) is 2.71. The fourth-order valence-electron chi connectivity index (χ4n) is 1.53. The van der Waals surface area contributed by atoms with E-state index in [1.165, 1.54) is 30.5 Å². The predicted molar refractivity (Wildman–Crippen MR) is 65.7 cm³/mol. The maximum Gasteiger partial charge on any atom is 0.217 e. The summed E-state index contributed by atoms with van der Waals surface area (Å²) in [5, 5.41) is 2.19. The van der Waals surface area contributed by atoms with E-state index in [0.717, 1.165) is 15.9 Å². The zero-order valence-corrected chi connectivity index (χ0v) is 9.93. The molecule has 0 atom stereocenters. The molecule has 0 bridgehead atoms. The van der Waals surface area contributed by atoms with Crippen LogP contribution in [0.5, 0.6) is 0 Å². The second kappa shape index (κ2) is 4.66. The third kappa shape index (κ3) is 2.14. The maximum atomic E-state index is 13.0. The Morgan fingerprint density at radius 2 is 1.78 bits per heavy atom. The van der Waals surface area contributed by atoms with Gasteiger partial charge in [0.15, 0.2) is 0 Å². The Morgan fingerprint density at radius 3 is 2.67 bits per heavy atom. The van der Waals surface area contributed by atoms with Crippen molar-refractivity contribution in [2.75, 3.05) is 0 Å². The molecular formula is C12H7FN4S. The standard InChI is InChI=1S/C12H7FN4S/c13-10-5-11(16-7-15-10)18-12-8-3-1-2-4-9(8)14-6-17-12/h1-7H. The summed E-state index contributed by atoms with van der Waals surface area (Å²) in [7, 11) is 0. The van der Waals surface area contributed by atoms with Crippen molar-refractivity contribution in [3.63, 3.8) is 0 Å². The van der Waals surface area contributed by atoms with E-state index in [4.69, 9.17) is 0 Å². The van der Waals surface area contributed by atoms with E-state index in [1.54, 1.807) is 0 Å². The van der Waals surface area contributed by atoms with Gasteiger partial charge >= 0.3 is 0 Å². The molecular weight excluding hydrogens is 251 g/mol. The summed E-state index contributed by atoms with van der Waals surface area (Å²) in [5.74, 6) is -0.550. The van der Waals surface area contributed by atoms with Crippen LogP contribution >= 0.6 is 11.8 Å². The quantitative estimate of drug-likeness (QED) is 0.661. The highest BCUT2D eigenvalue weighted by atomic mass is 32.2. The number of aromatic nitrogens is 4. The number of hydrogen-bond acceptors (Lipinski definition) is 5. The molecule has 6 heteroatoms. The number of nitrogens with zero attached hydrogens (tertiary/aromatic N) is 4. The van der Waals surface area contributed by atoms with Crippen LogP contribution in [0.1, 0.15) is 0 Å². The molecule has 0 aliphatic heterocycles. The molecule has 0 aliphatic carbocycles. The Morgan fingerprint density at radius 1 is 0.944 bits per heavy atom. The molecule has 3 rings (SSSR count). The first-order chi connectivity index (χ1) is 8.83. The number of halogens is 1. The molecule has 1 aromatic carbocycles. The molecule has 0 saturated heterocycles. The minimum absolute atomic E-state index is 0.520. The van der Waals surface area contributed by atoms with E-state index < -0.39 is 5.95 Å². The van der Waals surface area contributed by atoms with Crippen LogP contribution < -0.4 is 0 Å². The SMILES string of the molecule is Fc1cc(Sc2ncnc3ccccc23)ncn1. The highest BCUT2D eigenvalue weighted by Gasteiger charge is 2.06. The Balaban J connectivity index is 2.05. The van der Waals surface area contributed by atoms with Crippen molar-refractivity contribution in [2.24, 2.45) is 0 Å². The molecule has 88 valence electrons. The largest absolute Gasteiger partial charge is 0.236 e. The van der Waals surface area contributed by atoms with Crippen LogP contribution in [0.3, 0.4) is 0 Å². The number of para-hydroxylation sites is 1. The van der Waals surface area contributed by atoms with Crippen LogP contribution in [0.15, 0.2) is 53.0 Å². The zero-order chi connectivity index (χ0) is 12.4. The van der Waals surface area contributed by atoms with Crippen LogP contribution in [0.4, 0.5) is 4.39 Å². The summed E-state index contributed by atoms with van der Waals surface area (Å²) in [6, 6.07) is 8.93. The lowest BCUT2D eigenvalue weighted by atomic mass is 10.2. The maximum absolute atomic E-state index is 13.0. The third-order valence-corrected chi connectivity index (χ3v) is 3.27. The van der Waals surface area contributed by atoms with E-state index in [0.29, 0.717) is 5.03 Å². The van der Waals surface area contributed by atoms with Crippen molar-refractivity contribution in [1.82, 2.24) is 19.9 Å². The van der Waals surface area contributed by atoms with E-state index in [9.17, 15) is 4.39 Å². The van der Waals surface area contributed by atoms with Crippen molar-refractivity contribution in [1.29, 1.82) is 0 Å². The topological polar surface area (TPSA) is 51.6 Å². The summed E-state index contributed by atoms with van der Waals surface area (Å²) < 4.78 is 13.0. The van der Waals surface area contributed by atoms with E-state index in [-0.39, 0.29) is 0 Å². The second-order valence-corrected chi connectivity index (χ2v) is 4.49. The lowest BCUT2D eigenvalue weighted by molar-refractivity contribution is 0.572. The normalized spacial score (nSPS) is 10.7. The third-order valence-electron chi connectivity index (χ3n) is 2.32. The molecule has 2 heterocycles. The van der Waals surface area contributed by atoms with Crippen LogP contribution in [0.25, 0.3) is 10.9 Å². The van der Waals surface area contributed by atoms with Gasteiger partial charge in [0.2, 0.25) is 5.95 Å². The van der Waals surface area contributed by atoms with E-state index in [1.807, 2.05) is 24.3 Å². The first-order valence-electron chi connectivity index (χ1n) is 5.18. The molecule has 0 fully saturated rings. The highest BCUT2D eigenvalue weighted by Crippen LogP contribution is 2.29. The van der Waals surface area contributed by atoms with Crippen LogP contribution in [-0.2, 0) is 0 Å².